The molecule has 5 aromatic heterocycles. The van der Waals surface area contributed by atoms with Gasteiger partial charge in [0.05, 0.1) is 17.9 Å². The first kappa shape index (κ1) is 23.5. The molecular weight excluding hydrogens is 503 g/mol. The number of likely N-dealkylation sites (tertiary alicyclic amines) is 1. The van der Waals surface area contributed by atoms with Gasteiger partial charge in [0.2, 0.25) is 0 Å². The third-order valence-corrected chi connectivity index (χ3v) is 7.16. The molecule has 0 spiro atoms. The number of H-pyrrole nitrogens is 2. The molecule has 194 valence electrons. The Labute approximate surface area is 220 Å². The Morgan fingerprint density at radius 2 is 1.79 bits per heavy atom. The summed E-state index contributed by atoms with van der Waals surface area (Å²) in [6, 6.07) is 14.3. The van der Waals surface area contributed by atoms with Crippen molar-refractivity contribution in [2.24, 2.45) is 0 Å². The molecule has 1 aliphatic heterocycles. The number of alkyl halides is 2. The normalized spacial score (nSPS) is 15.5. The molecule has 1 fully saturated rings. The molecular formula is C29H22F3N7. The van der Waals surface area contributed by atoms with Crippen molar-refractivity contribution >= 4 is 22.1 Å². The first-order valence-corrected chi connectivity index (χ1v) is 12.6. The van der Waals surface area contributed by atoms with Gasteiger partial charge in [0.25, 0.3) is 5.92 Å². The van der Waals surface area contributed by atoms with Crippen LogP contribution in [0, 0.1) is 5.82 Å². The first-order chi connectivity index (χ1) is 18.9. The topological polar surface area (TPSA) is 86.4 Å². The number of rotatable bonds is 5. The molecule has 0 aliphatic carbocycles. The van der Waals surface area contributed by atoms with E-state index < -0.39 is 5.92 Å². The van der Waals surface area contributed by atoms with Gasteiger partial charge in [-0.15, -0.1) is 0 Å². The van der Waals surface area contributed by atoms with Crippen molar-refractivity contribution in [3.8, 4) is 33.6 Å². The molecule has 0 unspecified atom stereocenters. The highest BCUT2D eigenvalue weighted by molar-refractivity contribution is 5.99. The van der Waals surface area contributed by atoms with Gasteiger partial charge in [0, 0.05) is 71.8 Å². The molecule has 7 nitrogen and oxygen atoms in total. The van der Waals surface area contributed by atoms with E-state index in [1.54, 1.807) is 54.0 Å². The first-order valence-electron chi connectivity index (χ1n) is 12.6. The number of aromatic nitrogens is 6. The Kier molecular flexibility index (Phi) is 5.44. The van der Waals surface area contributed by atoms with Gasteiger partial charge in [0.1, 0.15) is 11.5 Å². The molecule has 10 heteroatoms. The van der Waals surface area contributed by atoms with Crippen LogP contribution in [0.25, 0.3) is 55.7 Å². The zero-order valence-electron chi connectivity index (χ0n) is 20.6. The molecule has 6 heterocycles. The second kappa shape index (κ2) is 9.02. The molecule has 1 aliphatic rings. The van der Waals surface area contributed by atoms with Crippen molar-refractivity contribution in [3.05, 3.63) is 84.7 Å². The highest BCUT2D eigenvalue weighted by Gasteiger charge is 2.37. The molecule has 2 N–H and O–H groups in total. The van der Waals surface area contributed by atoms with Gasteiger partial charge in [-0.1, -0.05) is 18.2 Å². The Morgan fingerprint density at radius 3 is 2.64 bits per heavy atom. The average Bonchev–Trinajstić information content (AvgIpc) is 3.64. The third-order valence-electron chi connectivity index (χ3n) is 7.16. The van der Waals surface area contributed by atoms with Crippen LogP contribution in [0.3, 0.4) is 0 Å². The lowest BCUT2D eigenvalue weighted by Gasteiger charge is -2.15. The zero-order chi connectivity index (χ0) is 26.6. The Bertz CT molecular complexity index is 1840. The monoisotopic (exact) mass is 525 g/mol. The van der Waals surface area contributed by atoms with Crippen LogP contribution in [0.5, 0.6) is 0 Å². The summed E-state index contributed by atoms with van der Waals surface area (Å²) in [6.07, 6.45) is 6.70. The third kappa shape index (κ3) is 4.32. The highest BCUT2D eigenvalue weighted by atomic mass is 19.3. The maximum Gasteiger partial charge on any atom is 0.261 e. The molecule has 39 heavy (non-hydrogen) atoms. The van der Waals surface area contributed by atoms with E-state index in [-0.39, 0.29) is 18.8 Å². The highest BCUT2D eigenvalue weighted by Crippen LogP contribution is 2.35. The van der Waals surface area contributed by atoms with Crippen molar-refractivity contribution in [3.63, 3.8) is 0 Å². The van der Waals surface area contributed by atoms with E-state index in [0.717, 1.165) is 44.4 Å². The lowest BCUT2D eigenvalue weighted by Crippen LogP contribution is -2.24. The second-order valence-electron chi connectivity index (χ2n) is 9.88. The molecule has 0 amide bonds. The summed E-state index contributed by atoms with van der Waals surface area (Å²) in [5.41, 5.74) is 6.39. The summed E-state index contributed by atoms with van der Waals surface area (Å²) in [7, 11) is 0. The van der Waals surface area contributed by atoms with Crippen LogP contribution in [0.2, 0.25) is 0 Å². The smallest absolute Gasteiger partial charge is 0.261 e. The maximum atomic E-state index is 14.6. The van der Waals surface area contributed by atoms with E-state index >= 15 is 0 Å². The molecule has 0 radical (unpaired) electrons. The Morgan fingerprint density at radius 1 is 0.923 bits per heavy atom. The van der Waals surface area contributed by atoms with Crippen molar-refractivity contribution in [1.29, 1.82) is 0 Å². The molecule has 0 saturated carbocycles. The number of pyridine rings is 3. The van der Waals surface area contributed by atoms with Crippen LogP contribution in [0.15, 0.2) is 73.3 Å². The predicted octanol–water partition coefficient (Wildman–Crippen LogP) is 6.21. The second-order valence-corrected chi connectivity index (χ2v) is 9.88. The van der Waals surface area contributed by atoms with Gasteiger partial charge < -0.3 is 4.98 Å². The van der Waals surface area contributed by atoms with Crippen molar-refractivity contribution in [2.75, 3.05) is 13.1 Å². The van der Waals surface area contributed by atoms with Crippen LogP contribution >= 0.6 is 0 Å². The van der Waals surface area contributed by atoms with E-state index in [9.17, 15) is 13.2 Å². The van der Waals surface area contributed by atoms with Crippen LogP contribution in [0.1, 0.15) is 12.0 Å². The van der Waals surface area contributed by atoms with E-state index in [4.69, 9.17) is 0 Å². The van der Waals surface area contributed by atoms with Crippen LogP contribution in [0.4, 0.5) is 13.2 Å². The minimum atomic E-state index is -2.63. The average molecular weight is 526 g/mol. The van der Waals surface area contributed by atoms with Gasteiger partial charge in [-0.3, -0.25) is 15.0 Å². The fraction of sp³-hybridized carbons (Fsp3) is 0.172. The number of nitrogens with one attached hydrogen (secondary N) is 2. The lowest BCUT2D eigenvalue weighted by atomic mass is 10.0. The van der Waals surface area contributed by atoms with Crippen molar-refractivity contribution in [2.45, 2.75) is 18.9 Å². The molecule has 0 bridgehead atoms. The van der Waals surface area contributed by atoms with E-state index in [2.05, 4.69) is 30.1 Å². The van der Waals surface area contributed by atoms with Crippen LogP contribution < -0.4 is 0 Å². The molecule has 7 rings (SSSR count). The number of aromatic amines is 2. The quantitative estimate of drug-likeness (QED) is 0.280. The Balaban J connectivity index is 1.25. The Hall–Kier alpha value is -4.57. The van der Waals surface area contributed by atoms with Gasteiger partial charge in [-0.2, -0.15) is 5.10 Å². The van der Waals surface area contributed by atoms with Gasteiger partial charge >= 0.3 is 0 Å². The zero-order valence-corrected chi connectivity index (χ0v) is 20.6. The fourth-order valence-electron chi connectivity index (χ4n) is 5.27. The van der Waals surface area contributed by atoms with Gasteiger partial charge in [-0.05, 0) is 41.5 Å². The summed E-state index contributed by atoms with van der Waals surface area (Å²) < 4.78 is 41.8. The molecule has 0 atom stereocenters. The SMILES string of the molecule is Fc1ccccc1-c1ccnc2[nH]c(-c3[nH]nc4ncc(-c5cncc(CN6CCC(F)(F)C6)c5)cc34)cc12. The number of nitrogens with zero attached hydrogens (tertiary/aromatic N) is 5. The van der Waals surface area contributed by atoms with E-state index in [1.165, 1.54) is 6.07 Å². The van der Waals surface area contributed by atoms with Gasteiger partial charge in [-0.25, -0.2) is 23.1 Å². The van der Waals surface area contributed by atoms with Gasteiger partial charge in [0.15, 0.2) is 5.65 Å². The largest absolute Gasteiger partial charge is 0.338 e. The number of fused-ring (bicyclic) bond motifs is 2. The standard InChI is InChI=1S/C29H22F3N7/c30-24-4-2-1-3-21(24)20-5-7-34-27-22(20)11-25(36-27)26-23-10-19(14-35-28(23)38-37-26)18-9-17(12-33-13-18)15-39-8-6-29(31,32)16-39/h1-5,7,9-14H,6,8,15-16H2,(H,34,36)(H,35,37,38). The summed E-state index contributed by atoms with van der Waals surface area (Å²) >= 11 is 0. The van der Waals surface area contributed by atoms with Crippen molar-refractivity contribution < 1.29 is 13.2 Å². The number of hydrogen-bond acceptors (Lipinski definition) is 5. The van der Waals surface area contributed by atoms with Crippen LogP contribution in [-0.2, 0) is 6.54 Å². The molecule has 6 aromatic rings. The van der Waals surface area contributed by atoms with Crippen LogP contribution in [-0.4, -0.2) is 54.0 Å². The lowest BCUT2D eigenvalue weighted by molar-refractivity contribution is 0.0115. The molecule has 1 aromatic carbocycles. The maximum absolute atomic E-state index is 14.6. The van der Waals surface area contributed by atoms with E-state index in [0.29, 0.717) is 29.9 Å². The number of halogens is 3. The number of hydrogen-bond donors (Lipinski definition) is 2. The molecule has 1 saturated heterocycles. The fourth-order valence-corrected chi connectivity index (χ4v) is 5.27. The van der Waals surface area contributed by atoms with Crippen molar-refractivity contribution in [1.82, 2.24) is 35.0 Å². The summed E-state index contributed by atoms with van der Waals surface area (Å²) in [5, 5.41) is 9.01. The summed E-state index contributed by atoms with van der Waals surface area (Å²) in [4.78, 5) is 18.4. The summed E-state index contributed by atoms with van der Waals surface area (Å²) in [5.74, 6) is -2.94. The minimum Gasteiger partial charge on any atom is -0.338 e. The minimum absolute atomic E-state index is 0.116. The summed E-state index contributed by atoms with van der Waals surface area (Å²) in [6.45, 7) is 0.539. The van der Waals surface area contributed by atoms with E-state index in [1.807, 2.05) is 18.2 Å². The number of benzene rings is 1. The predicted molar refractivity (Wildman–Crippen MR) is 142 cm³/mol.